The van der Waals surface area contributed by atoms with Crippen LogP contribution < -0.4 is 5.14 Å². The maximum absolute atomic E-state index is 10.6. The summed E-state index contributed by atoms with van der Waals surface area (Å²) in [7, 11) is -3.60. The van der Waals surface area contributed by atoms with Gasteiger partial charge in [-0.2, -0.15) is 0 Å². The average molecular weight is 150 g/mol. The van der Waals surface area contributed by atoms with Crippen LogP contribution in [0.2, 0.25) is 0 Å². The van der Waals surface area contributed by atoms with Crippen LogP contribution in [-0.4, -0.2) is 13.2 Å². The summed E-state index contributed by atoms with van der Waals surface area (Å²) >= 11 is 0. The van der Waals surface area contributed by atoms with E-state index in [9.17, 15) is 8.42 Å². The molecule has 0 aromatic carbocycles. The van der Waals surface area contributed by atoms with Gasteiger partial charge >= 0.3 is 0 Å². The fourth-order valence-corrected chi connectivity index (χ4v) is 0.570. The zero-order valence-corrected chi connectivity index (χ0v) is 6.75. The molecule has 0 saturated carbocycles. The van der Waals surface area contributed by atoms with Gasteiger partial charge in [0, 0.05) is 0 Å². The maximum atomic E-state index is 10.6. The van der Waals surface area contributed by atoms with Crippen molar-refractivity contribution in [1.29, 1.82) is 0 Å². The Balaban J connectivity index is 4.56. The Kier molecular flexibility index (Phi) is 2.24. The number of hydrogen-bond donors (Lipinski definition) is 0. The van der Waals surface area contributed by atoms with Crippen LogP contribution in [-0.2, 0) is 10.0 Å². The summed E-state index contributed by atoms with van der Waals surface area (Å²) in [6.45, 7) is 4.86. The van der Waals surface area contributed by atoms with Gasteiger partial charge in [0.1, 0.15) is 0 Å². The van der Waals surface area contributed by atoms with Gasteiger partial charge in [0.05, 0.1) is 4.75 Å². The SMILES string of the molecule is CCC(C)(C)S([NH])(=O)=O. The fraction of sp³-hybridized carbons (Fsp3) is 1.00. The summed E-state index contributed by atoms with van der Waals surface area (Å²) in [6, 6.07) is 0. The summed E-state index contributed by atoms with van der Waals surface area (Å²) in [5.74, 6) is 0. The molecule has 0 aliphatic carbocycles. The number of sulfonamides is 1. The second kappa shape index (κ2) is 2.27. The zero-order valence-electron chi connectivity index (χ0n) is 5.93. The third-order valence-corrected chi connectivity index (χ3v) is 3.32. The van der Waals surface area contributed by atoms with Crippen molar-refractivity contribution in [2.45, 2.75) is 31.9 Å². The van der Waals surface area contributed by atoms with Gasteiger partial charge in [-0.1, -0.05) is 6.92 Å². The molecule has 0 bridgehead atoms. The van der Waals surface area contributed by atoms with Gasteiger partial charge < -0.3 is 0 Å². The van der Waals surface area contributed by atoms with Crippen LogP contribution in [0.5, 0.6) is 0 Å². The molecule has 0 spiro atoms. The molecular formula is C5H12NO2S. The van der Waals surface area contributed by atoms with E-state index < -0.39 is 14.8 Å². The molecule has 0 aliphatic rings. The molecule has 1 N–H and O–H groups in total. The average Bonchev–Trinajstić information content (AvgIpc) is 1.64. The van der Waals surface area contributed by atoms with E-state index in [-0.39, 0.29) is 0 Å². The van der Waals surface area contributed by atoms with Crippen LogP contribution in [0.3, 0.4) is 0 Å². The summed E-state index contributed by atoms with van der Waals surface area (Å²) in [6.07, 6.45) is 0.485. The largest absolute Gasteiger partial charge is 0.230 e. The lowest BCUT2D eigenvalue weighted by Gasteiger charge is -2.17. The molecule has 0 atom stereocenters. The Morgan fingerprint density at radius 3 is 1.78 bits per heavy atom. The molecule has 1 radical (unpaired) electrons. The molecule has 0 unspecified atom stereocenters. The van der Waals surface area contributed by atoms with Gasteiger partial charge in [-0.15, -0.1) is 5.14 Å². The highest BCUT2D eigenvalue weighted by Gasteiger charge is 2.28. The monoisotopic (exact) mass is 150 g/mol. The minimum Gasteiger partial charge on any atom is -0.211 e. The van der Waals surface area contributed by atoms with Gasteiger partial charge in [0.15, 0.2) is 0 Å². The van der Waals surface area contributed by atoms with Crippen molar-refractivity contribution in [2.75, 3.05) is 0 Å². The predicted molar refractivity (Wildman–Crippen MR) is 36.4 cm³/mol. The number of nitrogens with one attached hydrogen (secondary N) is 1. The number of hydrogen-bond acceptors (Lipinski definition) is 2. The Morgan fingerprint density at radius 1 is 1.44 bits per heavy atom. The smallest absolute Gasteiger partial charge is 0.211 e. The van der Waals surface area contributed by atoms with Gasteiger partial charge in [-0.05, 0) is 20.3 Å². The second-order valence-electron chi connectivity index (χ2n) is 2.62. The molecular weight excluding hydrogens is 138 g/mol. The van der Waals surface area contributed by atoms with Crippen LogP contribution in [0.25, 0.3) is 0 Å². The Bertz CT molecular complexity index is 181. The van der Waals surface area contributed by atoms with E-state index in [1.807, 2.05) is 0 Å². The second-order valence-corrected chi connectivity index (χ2v) is 4.73. The van der Waals surface area contributed by atoms with Crippen LogP contribution in [0.1, 0.15) is 27.2 Å². The lowest BCUT2D eigenvalue weighted by atomic mass is 10.1. The van der Waals surface area contributed by atoms with Crippen molar-refractivity contribution in [3.05, 3.63) is 0 Å². The molecule has 55 valence electrons. The third-order valence-electron chi connectivity index (χ3n) is 1.58. The van der Waals surface area contributed by atoms with Gasteiger partial charge in [-0.25, -0.2) is 8.42 Å². The van der Waals surface area contributed by atoms with E-state index in [1.54, 1.807) is 20.8 Å². The first-order valence-electron chi connectivity index (χ1n) is 2.80. The summed E-state index contributed by atoms with van der Waals surface area (Å²) in [5, 5.41) is 6.71. The van der Waals surface area contributed by atoms with Crippen molar-refractivity contribution in [1.82, 2.24) is 5.14 Å². The normalized spacial score (nSPS) is 13.8. The maximum Gasteiger partial charge on any atom is 0.230 e. The molecule has 0 aromatic rings. The molecule has 9 heavy (non-hydrogen) atoms. The van der Waals surface area contributed by atoms with E-state index in [4.69, 9.17) is 5.14 Å². The first kappa shape index (κ1) is 8.91. The molecule has 0 aromatic heterocycles. The highest BCUT2D eigenvalue weighted by Crippen LogP contribution is 2.17. The predicted octanol–water partition coefficient (Wildman–Crippen LogP) is 0.788. The van der Waals surface area contributed by atoms with E-state index in [0.29, 0.717) is 6.42 Å². The van der Waals surface area contributed by atoms with E-state index in [2.05, 4.69) is 0 Å². The van der Waals surface area contributed by atoms with Crippen molar-refractivity contribution in [3.8, 4) is 0 Å². The third kappa shape index (κ3) is 1.95. The number of rotatable bonds is 2. The quantitative estimate of drug-likeness (QED) is 0.584. The van der Waals surface area contributed by atoms with E-state index in [1.165, 1.54) is 0 Å². The topological polar surface area (TPSA) is 57.9 Å². The molecule has 0 amide bonds. The van der Waals surface area contributed by atoms with Crippen LogP contribution in [0.15, 0.2) is 0 Å². The van der Waals surface area contributed by atoms with Crippen molar-refractivity contribution in [2.24, 2.45) is 0 Å². The summed E-state index contributed by atoms with van der Waals surface area (Å²) in [4.78, 5) is 0. The Morgan fingerprint density at radius 2 is 1.78 bits per heavy atom. The molecule has 0 fully saturated rings. The summed E-state index contributed by atoms with van der Waals surface area (Å²) in [5.41, 5.74) is 0. The molecule has 0 saturated heterocycles. The van der Waals surface area contributed by atoms with Crippen LogP contribution in [0, 0.1) is 0 Å². The first-order valence-corrected chi connectivity index (χ1v) is 4.29. The van der Waals surface area contributed by atoms with Gasteiger partial charge in [0.25, 0.3) is 0 Å². The van der Waals surface area contributed by atoms with Gasteiger partial charge in [-0.3, -0.25) is 0 Å². The van der Waals surface area contributed by atoms with E-state index >= 15 is 0 Å². The summed E-state index contributed by atoms with van der Waals surface area (Å²) < 4.78 is 20.2. The van der Waals surface area contributed by atoms with Crippen molar-refractivity contribution in [3.63, 3.8) is 0 Å². The van der Waals surface area contributed by atoms with Crippen LogP contribution >= 0.6 is 0 Å². The van der Waals surface area contributed by atoms with Crippen molar-refractivity contribution >= 4 is 10.0 Å². The first-order chi connectivity index (χ1) is 3.81. The standard InChI is InChI=1S/C5H12NO2S/c1-4-5(2,3)9(6,7)8/h6H,4H2,1-3H3. The Labute approximate surface area is 56.3 Å². The lowest BCUT2D eigenvalue weighted by molar-refractivity contribution is 0.538. The molecule has 3 nitrogen and oxygen atoms in total. The Hall–Kier alpha value is -0.0900. The molecule has 0 aliphatic heterocycles. The minimum absolute atomic E-state index is 0.485. The molecule has 0 heterocycles. The lowest BCUT2D eigenvalue weighted by Crippen LogP contribution is -2.31. The highest BCUT2D eigenvalue weighted by molar-refractivity contribution is 7.90. The zero-order chi connectivity index (χ0) is 7.71. The minimum atomic E-state index is -3.60. The van der Waals surface area contributed by atoms with Crippen LogP contribution in [0.4, 0.5) is 0 Å². The van der Waals surface area contributed by atoms with Gasteiger partial charge in [0.2, 0.25) is 10.0 Å². The van der Waals surface area contributed by atoms with Crippen molar-refractivity contribution < 1.29 is 8.42 Å². The van der Waals surface area contributed by atoms with E-state index in [0.717, 1.165) is 0 Å². The fourth-order valence-electron chi connectivity index (χ4n) is 0.190. The molecule has 4 heteroatoms. The molecule has 0 rings (SSSR count). The highest BCUT2D eigenvalue weighted by atomic mass is 32.2.